The molecule has 2 aromatic heterocycles. The molecule has 0 unspecified atom stereocenters. The van der Waals surface area contributed by atoms with Crippen molar-refractivity contribution in [3.63, 3.8) is 0 Å². The van der Waals surface area contributed by atoms with Crippen LogP contribution in [0.1, 0.15) is 18.9 Å². The Kier molecular flexibility index (Phi) is 4.50. The zero-order valence-corrected chi connectivity index (χ0v) is 19.2. The molecule has 5 aliphatic rings. The molecule has 5 fully saturated rings. The lowest BCUT2D eigenvalue weighted by Gasteiger charge is -2.39. The van der Waals surface area contributed by atoms with Crippen LogP contribution < -0.4 is 4.90 Å². The smallest absolute Gasteiger partial charge is 0.404 e. The Morgan fingerprint density at radius 2 is 1.95 bits per heavy atom. The first kappa shape index (κ1) is 22.7. The van der Waals surface area contributed by atoms with Crippen molar-refractivity contribution in [1.29, 1.82) is 0 Å². The number of hydrogen-bond donors (Lipinski definition) is 1. The van der Waals surface area contributed by atoms with Crippen LogP contribution in [0.5, 0.6) is 0 Å². The summed E-state index contributed by atoms with van der Waals surface area (Å²) in [6, 6.07) is 6.88. The molecule has 4 aliphatic heterocycles. The van der Waals surface area contributed by atoms with E-state index < -0.39 is 44.0 Å². The maximum absolute atomic E-state index is 15.2. The number of phosphoric ester groups is 1. The summed E-state index contributed by atoms with van der Waals surface area (Å²) >= 11 is 0. The molecule has 1 aliphatic carbocycles. The minimum Gasteiger partial charge on any atom is -0.404 e. The van der Waals surface area contributed by atoms with Gasteiger partial charge in [0.1, 0.15) is 11.5 Å². The summed E-state index contributed by atoms with van der Waals surface area (Å²) in [5, 5.41) is 22.3. The van der Waals surface area contributed by atoms with Crippen molar-refractivity contribution in [1.82, 2.24) is 25.2 Å². The van der Waals surface area contributed by atoms with Gasteiger partial charge < -0.3 is 9.84 Å². The minimum atomic E-state index is -4.36. The van der Waals surface area contributed by atoms with Crippen molar-refractivity contribution >= 4 is 19.6 Å². The molecule has 37 heavy (non-hydrogen) atoms. The number of benzene rings is 1. The molecule has 1 amide bonds. The molecule has 17 heteroatoms. The number of aromatic nitrogens is 5. The van der Waals surface area contributed by atoms with Gasteiger partial charge in [-0.3, -0.25) is 4.98 Å². The second-order valence-corrected chi connectivity index (χ2v) is 10.2. The van der Waals surface area contributed by atoms with Crippen molar-refractivity contribution in [2.75, 3.05) is 4.90 Å². The lowest BCUT2D eigenvalue weighted by atomic mass is 10.0. The quantitative estimate of drug-likeness (QED) is 0.461. The van der Waals surface area contributed by atoms with Crippen molar-refractivity contribution in [3.05, 3.63) is 42.3 Å². The predicted molar refractivity (Wildman–Crippen MR) is 112 cm³/mol. The number of halogens is 3. The second-order valence-electron chi connectivity index (χ2n) is 8.71. The van der Waals surface area contributed by atoms with Crippen molar-refractivity contribution in [2.45, 2.75) is 43.1 Å². The minimum absolute atomic E-state index is 0.0881. The number of anilines is 1. The van der Waals surface area contributed by atoms with Crippen LogP contribution in [0, 0.1) is 5.82 Å². The molecule has 8 rings (SSSR count). The lowest BCUT2D eigenvalue weighted by Crippen LogP contribution is -2.65. The molecule has 1 spiro atoms. The lowest BCUT2D eigenvalue weighted by molar-refractivity contribution is -0.297. The number of ether oxygens (including phenoxy) is 1. The number of rotatable bonds is 6. The second kappa shape index (κ2) is 7.33. The van der Waals surface area contributed by atoms with Crippen LogP contribution in [0.3, 0.4) is 0 Å². The van der Waals surface area contributed by atoms with Gasteiger partial charge in [0.05, 0.1) is 11.7 Å². The van der Waals surface area contributed by atoms with Crippen LogP contribution >= 0.6 is 7.82 Å². The maximum Gasteiger partial charge on any atom is 0.486 e. The zero-order valence-electron chi connectivity index (χ0n) is 18.3. The van der Waals surface area contributed by atoms with Gasteiger partial charge >= 0.3 is 25.6 Å². The number of tetrazole rings is 1. The number of phosphoric acid groups is 1. The molecular formula is C20H14F3N6O7P. The van der Waals surface area contributed by atoms with Crippen LogP contribution in [0.2, 0.25) is 0 Å². The van der Waals surface area contributed by atoms with Gasteiger partial charge in [0.2, 0.25) is 5.82 Å². The third kappa shape index (κ3) is 3.07. The summed E-state index contributed by atoms with van der Waals surface area (Å²) in [5.74, 6) is -6.07. The van der Waals surface area contributed by atoms with Crippen LogP contribution in [0.15, 0.2) is 36.5 Å². The largest absolute Gasteiger partial charge is 0.486 e. The molecule has 6 heterocycles. The first-order valence-corrected chi connectivity index (χ1v) is 12.4. The highest BCUT2D eigenvalue weighted by Gasteiger charge is 2.92. The van der Waals surface area contributed by atoms with Crippen LogP contribution in [-0.4, -0.2) is 60.6 Å². The Labute approximate surface area is 204 Å². The summed E-state index contributed by atoms with van der Waals surface area (Å²) in [5.41, 5.74) is 0.643. The highest BCUT2D eigenvalue weighted by Crippen LogP contribution is 2.81. The molecule has 3 aromatic rings. The summed E-state index contributed by atoms with van der Waals surface area (Å²) in [4.78, 5) is 18.9. The highest BCUT2D eigenvalue weighted by atomic mass is 31.2. The van der Waals surface area contributed by atoms with Gasteiger partial charge in [-0.15, -0.1) is 10.2 Å². The Morgan fingerprint density at radius 1 is 1.16 bits per heavy atom. The van der Waals surface area contributed by atoms with E-state index in [0.717, 1.165) is 18.9 Å². The van der Waals surface area contributed by atoms with Crippen molar-refractivity contribution in [2.24, 2.45) is 0 Å². The molecule has 1 saturated carbocycles. The van der Waals surface area contributed by atoms with Crippen molar-refractivity contribution < 1.29 is 45.9 Å². The monoisotopic (exact) mass is 538 g/mol. The summed E-state index contributed by atoms with van der Waals surface area (Å²) in [7, 11) is -4.36. The summed E-state index contributed by atoms with van der Waals surface area (Å²) in [6.45, 7) is 0. The van der Waals surface area contributed by atoms with E-state index in [-0.39, 0.29) is 17.3 Å². The van der Waals surface area contributed by atoms with E-state index in [2.05, 4.69) is 20.4 Å². The molecular weight excluding hydrogens is 524 g/mol. The van der Waals surface area contributed by atoms with Gasteiger partial charge in [-0.2, -0.15) is 4.80 Å². The Bertz CT molecular complexity index is 1490. The molecule has 13 nitrogen and oxygen atoms in total. The normalized spacial score (nSPS) is 30.8. The van der Waals surface area contributed by atoms with Gasteiger partial charge in [-0.1, -0.05) is 6.07 Å². The van der Waals surface area contributed by atoms with E-state index in [0.29, 0.717) is 22.0 Å². The summed E-state index contributed by atoms with van der Waals surface area (Å²) in [6.07, 6.45) is -4.22. The average Bonchev–Trinajstić information content (AvgIpc) is 3.35. The van der Waals surface area contributed by atoms with E-state index >= 15 is 4.39 Å². The number of amides is 1. The van der Waals surface area contributed by atoms with Gasteiger partial charge in [0.25, 0.3) is 6.43 Å². The van der Waals surface area contributed by atoms with Gasteiger partial charge in [0.15, 0.2) is 6.10 Å². The average molecular weight is 538 g/mol. The molecule has 2 bridgehead atoms. The number of alkyl halides is 2. The highest BCUT2D eigenvalue weighted by molar-refractivity contribution is 7.50. The van der Waals surface area contributed by atoms with Gasteiger partial charge in [-0.05, 0) is 42.3 Å². The van der Waals surface area contributed by atoms with E-state index in [4.69, 9.17) is 18.3 Å². The Balaban J connectivity index is 1.19. The standard InChI is InChI=1S/C20H14F3N6O7P/c21-13-7-11(28-18(31)33-19(15(30)16(22)23)20(28)35-37(32,34-19)36-20)4-5-12(13)9-1-6-14(24-8-9)17-25-27-29(26-17)10-2-3-10/h1,4-8,10,15-16,30H,2-3H2/t15-,19+,20?,37?/m1/s1. The molecule has 1 N–H and O–H groups in total. The number of carbonyl (C=O) groups excluding carboxylic acids is 1. The van der Waals surface area contributed by atoms with Crippen molar-refractivity contribution in [3.8, 4) is 22.6 Å². The Hall–Kier alpha value is -3.43. The molecule has 4 saturated heterocycles. The maximum atomic E-state index is 15.2. The fraction of sp³-hybridized carbons (Fsp3) is 0.350. The number of nitrogens with zero attached hydrogens (tertiary/aromatic N) is 6. The first-order chi connectivity index (χ1) is 17.6. The van der Waals surface area contributed by atoms with Gasteiger partial charge in [0, 0.05) is 17.3 Å². The topological polar surface area (TPSA) is 151 Å². The Morgan fingerprint density at radius 3 is 2.59 bits per heavy atom. The summed E-state index contributed by atoms with van der Waals surface area (Å²) < 4.78 is 73.9. The number of aliphatic hydroxyl groups excluding tert-OH is 1. The number of carbonyl (C=O) groups is 1. The van der Waals surface area contributed by atoms with E-state index in [1.54, 1.807) is 12.1 Å². The van der Waals surface area contributed by atoms with Crippen LogP contribution in [0.25, 0.3) is 22.6 Å². The van der Waals surface area contributed by atoms with Crippen LogP contribution in [-0.2, 0) is 22.9 Å². The molecule has 0 radical (unpaired) electrons. The van der Waals surface area contributed by atoms with E-state index in [1.807, 2.05) is 0 Å². The number of pyridine rings is 1. The molecule has 2 atom stereocenters. The fourth-order valence-electron chi connectivity index (χ4n) is 4.41. The van der Waals surface area contributed by atoms with E-state index in [1.165, 1.54) is 23.1 Å². The zero-order chi connectivity index (χ0) is 25.7. The van der Waals surface area contributed by atoms with Crippen LogP contribution in [0.4, 0.5) is 23.7 Å². The predicted octanol–water partition coefficient (Wildman–Crippen LogP) is 2.99. The van der Waals surface area contributed by atoms with Gasteiger partial charge in [-0.25, -0.2) is 41.0 Å². The molecule has 192 valence electrons. The number of hydrogen-bond acceptors (Lipinski definition) is 11. The third-order valence-corrected chi connectivity index (χ3v) is 7.76. The first-order valence-electron chi connectivity index (χ1n) is 10.9. The molecule has 1 aromatic carbocycles. The van der Waals surface area contributed by atoms with E-state index in [9.17, 15) is 23.2 Å². The third-order valence-electron chi connectivity index (χ3n) is 6.32. The fourth-order valence-corrected chi connectivity index (χ4v) is 6.11. The number of aliphatic hydroxyl groups is 1. The SMILES string of the molecule is O=C1O[C@@]2([C@H](O)C(F)F)OP3(=O)OC2(O3)N1c1ccc(-c2ccc(-c3nnn(C4CC4)n3)nc2)c(F)c1.